The van der Waals surface area contributed by atoms with Gasteiger partial charge in [-0.2, -0.15) is 0 Å². The van der Waals surface area contributed by atoms with Crippen molar-refractivity contribution < 1.29 is 19.1 Å². The Labute approximate surface area is 128 Å². The van der Waals surface area contributed by atoms with E-state index in [0.29, 0.717) is 23.4 Å². The molecular formula is C17H17NO4. The topological polar surface area (TPSA) is 64.6 Å². The van der Waals surface area contributed by atoms with Crippen molar-refractivity contribution in [3.63, 3.8) is 0 Å². The van der Waals surface area contributed by atoms with Crippen LogP contribution in [0.2, 0.25) is 0 Å². The molecule has 2 rings (SSSR count). The number of ether oxygens (including phenoxy) is 2. The number of carbonyl (C=O) groups excluding carboxylic acids is 2. The van der Waals surface area contributed by atoms with E-state index in [1.54, 1.807) is 62.6 Å². The minimum Gasteiger partial charge on any atom is -0.497 e. The maximum atomic E-state index is 12.1. The summed E-state index contributed by atoms with van der Waals surface area (Å²) in [6, 6.07) is 13.5. The third-order valence-electron chi connectivity index (χ3n) is 2.98. The van der Waals surface area contributed by atoms with E-state index in [9.17, 15) is 9.59 Å². The van der Waals surface area contributed by atoms with E-state index < -0.39 is 0 Å². The lowest BCUT2D eigenvalue weighted by Crippen LogP contribution is -2.12. The first-order valence-corrected chi connectivity index (χ1v) is 6.88. The van der Waals surface area contributed by atoms with Gasteiger partial charge in [-0.15, -0.1) is 0 Å². The summed E-state index contributed by atoms with van der Waals surface area (Å²) in [7, 11) is 1.58. The maximum Gasteiger partial charge on any atom is 0.310 e. The Hall–Kier alpha value is -2.82. The first-order chi connectivity index (χ1) is 10.6. The van der Waals surface area contributed by atoms with Crippen LogP contribution in [0.5, 0.6) is 11.5 Å². The van der Waals surface area contributed by atoms with E-state index in [2.05, 4.69) is 5.32 Å². The average molecular weight is 299 g/mol. The minimum atomic E-state index is -0.310. The summed E-state index contributed by atoms with van der Waals surface area (Å²) < 4.78 is 10.1. The Bertz CT molecular complexity index is 647. The molecule has 0 bridgehead atoms. The highest BCUT2D eigenvalue weighted by molar-refractivity contribution is 6.04. The number of benzene rings is 2. The smallest absolute Gasteiger partial charge is 0.310 e. The molecule has 0 aliphatic heterocycles. The van der Waals surface area contributed by atoms with Gasteiger partial charge in [0.05, 0.1) is 7.11 Å². The number of anilines is 1. The fourth-order valence-electron chi connectivity index (χ4n) is 1.76. The van der Waals surface area contributed by atoms with Crippen molar-refractivity contribution in [2.45, 2.75) is 13.3 Å². The second-order valence-corrected chi connectivity index (χ2v) is 4.53. The lowest BCUT2D eigenvalue weighted by atomic mass is 10.2. The predicted octanol–water partition coefficient (Wildman–Crippen LogP) is 3.26. The Morgan fingerprint density at radius 1 is 0.955 bits per heavy atom. The molecule has 0 saturated heterocycles. The minimum absolute atomic E-state index is 0.237. The molecule has 0 aliphatic rings. The molecule has 2 aromatic carbocycles. The number of amides is 1. The molecule has 0 heterocycles. The summed E-state index contributed by atoms with van der Waals surface area (Å²) in [5, 5.41) is 2.78. The first-order valence-electron chi connectivity index (χ1n) is 6.88. The van der Waals surface area contributed by atoms with Crippen LogP contribution in [0.4, 0.5) is 5.69 Å². The summed E-state index contributed by atoms with van der Waals surface area (Å²) in [6.07, 6.45) is 0.305. The third-order valence-corrected chi connectivity index (χ3v) is 2.98. The number of hydrogen-bond acceptors (Lipinski definition) is 4. The van der Waals surface area contributed by atoms with E-state index in [-0.39, 0.29) is 11.9 Å². The summed E-state index contributed by atoms with van der Waals surface area (Å²) in [5.74, 6) is 0.599. The van der Waals surface area contributed by atoms with Crippen molar-refractivity contribution in [1.82, 2.24) is 0 Å². The fourth-order valence-corrected chi connectivity index (χ4v) is 1.76. The van der Waals surface area contributed by atoms with Crippen molar-refractivity contribution in [3.05, 3.63) is 54.1 Å². The zero-order chi connectivity index (χ0) is 15.9. The molecule has 0 atom stereocenters. The standard InChI is InChI=1S/C17H17NO4/c1-3-16(19)22-15-8-4-12(5-9-15)17(20)18-13-6-10-14(21-2)11-7-13/h4-11H,3H2,1-2H3,(H,18,20). The van der Waals surface area contributed by atoms with Crippen molar-refractivity contribution >= 4 is 17.6 Å². The van der Waals surface area contributed by atoms with Crippen molar-refractivity contribution in [3.8, 4) is 11.5 Å². The highest BCUT2D eigenvalue weighted by Gasteiger charge is 2.07. The molecule has 1 N–H and O–H groups in total. The van der Waals surface area contributed by atoms with Crippen molar-refractivity contribution in [2.75, 3.05) is 12.4 Å². The van der Waals surface area contributed by atoms with Crippen LogP contribution >= 0.6 is 0 Å². The SMILES string of the molecule is CCC(=O)Oc1ccc(C(=O)Nc2ccc(OC)cc2)cc1. The molecular weight excluding hydrogens is 282 g/mol. The van der Waals surface area contributed by atoms with E-state index in [0.717, 1.165) is 5.75 Å². The highest BCUT2D eigenvalue weighted by Crippen LogP contribution is 2.17. The van der Waals surface area contributed by atoms with Crippen LogP contribution < -0.4 is 14.8 Å². The monoisotopic (exact) mass is 299 g/mol. The lowest BCUT2D eigenvalue weighted by Gasteiger charge is -2.07. The van der Waals surface area contributed by atoms with Crippen LogP contribution in [0, 0.1) is 0 Å². The summed E-state index contributed by atoms with van der Waals surface area (Å²) in [5.41, 5.74) is 1.15. The highest BCUT2D eigenvalue weighted by atomic mass is 16.5. The van der Waals surface area contributed by atoms with Crippen LogP contribution in [0.25, 0.3) is 0 Å². The molecule has 0 aromatic heterocycles. The number of carbonyl (C=O) groups is 2. The predicted molar refractivity (Wildman–Crippen MR) is 83.3 cm³/mol. The largest absolute Gasteiger partial charge is 0.497 e. The molecule has 0 aliphatic carbocycles. The normalized spacial score (nSPS) is 9.91. The zero-order valence-electron chi connectivity index (χ0n) is 12.5. The van der Waals surface area contributed by atoms with Crippen LogP contribution in [0.1, 0.15) is 23.7 Å². The molecule has 5 nitrogen and oxygen atoms in total. The Morgan fingerprint density at radius 3 is 2.09 bits per heavy atom. The molecule has 22 heavy (non-hydrogen) atoms. The second kappa shape index (κ2) is 7.26. The van der Waals surface area contributed by atoms with Crippen LogP contribution in [0.15, 0.2) is 48.5 Å². The van der Waals surface area contributed by atoms with Gasteiger partial charge in [-0.1, -0.05) is 6.92 Å². The molecule has 0 spiro atoms. The van der Waals surface area contributed by atoms with Gasteiger partial charge in [-0.3, -0.25) is 9.59 Å². The second-order valence-electron chi connectivity index (χ2n) is 4.53. The van der Waals surface area contributed by atoms with Gasteiger partial charge in [0.2, 0.25) is 0 Å². The van der Waals surface area contributed by atoms with Gasteiger partial charge in [-0.25, -0.2) is 0 Å². The molecule has 5 heteroatoms. The lowest BCUT2D eigenvalue weighted by molar-refractivity contribution is -0.134. The Balaban J connectivity index is 2.01. The molecule has 0 saturated carbocycles. The van der Waals surface area contributed by atoms with Gasteiger partial charge in [0.15, 0.2) is 0 Å². The van der Waals surface area contributed by atoms with Crippen LogP contribution in [-0.2, 0) is 4.79 Å². The van der Waals surface area contributed by atoms with Crippen LogP contribution in [-0.4, -0.2) is 19.0 Å². The van der Waals surface area contributed by atoms with E-state index in [1.807, 2.05) is 0 Å². The van der Waals surface area contributed by atoms with Crippen LogP contribution in [0.3, 0.4) is 0 Å². The van der Waals surface area contributed by atoms with Gasteiger partial charge < -0.3 is 14.8 Å². The van der Waals surface area contributed by atoms with E-state index >= 15 is 0 Å². The van der Waals surface area contributed by atoms with Gasteiger partial charge in [0.25, 0.3) is 5.91 Å². The van der Waals surface area contributed by atoms with Crippen molar-refractivity contribution in [1.29, 1.82) is 0 Å². The fraction of sp³-hybridized carbons (Fsp3) is 0.176. The number of methoxy groups -OCH3 is 1. The first kappa shape index (κ1) is 15.6. The Morgan fingerprint density at radius 2 is 1.55 bits per heavy atom. The number of rotatable bonds is 5. The van der Waals surface area contributed by atoms with Gasteiger partial charge in [0, 0.05) is 17.7 Å². The average Bonchev–Trinajstić information content (AvgIpc) is 2.56. The quantitative estimate of drug-likeness (QED) is 0.680. The zero-order valence-corrected chi connectivity index (χ0v) is 12.5. The summed E-state index contributed by atoms with van der Waals surface area (Å²) >= 11 is 0. The number of esters is 1. The van der Waals surface area contributed by atoms with Gasteiger partial charge >= 0.3 is 5.97 Å². The van der Waals surface area contributed by atoms with E-state index in [1.165, 1.54) is 0 Å². The van der Waals surface area contributed by atoms with Crippen molar-refractivity contribution in [2.24, 2.45) is 0 Å². The molecule has 114 valence electrons. The molecule has 1 amide bonds. The number of hydrogen-bond donors (Lipinski definition) is 1. The third kappa shape index (κ3) is 4.09. The molecule has 0 radical (unpaired) electrons. The summed E-state index contributed by atoms with van der Waals surface area (Å²) in [6.45, 7) is 1.72. The maximum absolute atomic E-state index is 12.1. The number of nitrogens with one attached hydrogen (secondary N) is 1. The molecule has 2 aromatic rings. The van der Waals surface area contributed by atoms with Gasteiger partial charge in [-0.05, 0) is 48.5 Å². The Kier molecular flexibility index (Phi) is 5.14. The summed E-state index contributed by atoms with van der Waals surface area (Å²) in [4.78, 5) is 23.3. The molecule has 0 fully saturated rings. The molecule has 0 unspecified atom stereocenters. The van der Waals surface area contributed by atoms with Gasteiger partial charge in [0.1, 0.15) is 11.5 Å². The van der Waals surface area contributed by atoms with E-state index in [4.69, 9.17) is 9.47 Å².